The lowest BCUT2D eigenvalue weighted by atomic mass is 9.68. The van der Waals surface area contributed by atoms with Crippen molar-refractivity contribution in [2.75, 3.05) is 11.5 Å². The summed E-state index contributed by atoms with van der Waals surface area (Å²) in [6.45, 7) is 5.64. The highest BCUT2D eigenvalue weighted by atomic mass is 19.1. The van der Waals surface area contributed by atoms with Crippen molar-refractivity contribution < 1.29 is 23.6 Å². The summed E-state index contributed by atoms with van der Waals surface area (Å²) >= 11 is 0. The van der Waals surface area contributed by atoms with E-state index in [-0.39, 0.29) is 35.9 Å². The van der Waals surface area contributed by atoms with Gasteiger partial charge in [0.05, 0.1) is 28.7 Å². The molecule has 0 radical (unpaired) electrons. The molecule has 0 unspecified atom stereocenters. The van der Waals surface area contributed by atoms with Crippen LogP contribution in [0.4, 0.5) is 15.8 Å². The van der Waals surface area contributed by atoms with Crippen LogP contribution in [0.1, 0.15) is 45.1 Å². The molecule has 8 nitrogen and oxygen atoms in total. The largest absolute Gasteiger partial charge is 0.463 e. The highest BCUT2D eigenvalue weighted by Crippen LogP contribution is 2.50. The maximum absolute atomic E-state index is 13.7. The molecule has 2 N–H and O–H groups in total. The minimum Gasteiger partial charge on any atom is -0.463 e. The number of anilines is 1. The van der Waals surface area contributed by atoms with Crippen LogP contribution in [0, 0.1) is 21.3 Å². The number of rotatable bonds is 5. The lowest BCUT2D eigenvalue weighted by Gasteiger charge is -2.44. The Bertz CT molecular complexity index is 1280. The normalized spacial score (nSPS) is 19.5. The van der Waals surface area contributed by atoms with Gasteiger partial charge < -0.3 is 10.5 Å². The third-order valence-electron chi connectivity index (χ3n) is 6.26. The fourth-order valence-electron chi connectivity index (χ4n) is 4.85. The molecule has 1 atom stereocenters. The summed E-state index contributed by atoms with van der Waals surface area (Å²) in [5.74, 6) is -2.18. The van der Waals surface area contributed by atoms with Crippen molar-refractivity contribution in [2.24, 2.45) is 11.1 Å². The first kappa shape index (κ1) is 24.1. The first-order chi connectivity index (χ1) is 16.5. The lowest BCUT2D eigenvalue weighted by Crippen LogP contribution is -2.43. The van der Waals surface area contributed by atoms with Gasteiger partial charge in [-0.3, -0.25) is 19.8 Å². The van der Waals surface area contributed by atoms with Gasteiger partial charge in [0.15, 0.2) is 5.78 Å². The number of esters is 1. The Balaban J connectivity index is 2.03. The van der Waals surface area contributed by atoms with Crippen molar-refractivity contribution in [3.8, 4) is 0 Å². The summed E-state index contributed by atoms with van der Waals surface area (Å²) in [5.41, 5.74) is 7.90. The number of benzene rings is 2. The van der Waals surface area contributed by atoms with Gasteiger partial charge in [0.1, 0.15) is 11.6 Å². The molecule has 0 saturated carbocycles. The monoisotopic (exact) mass is 479 g/mol. The van der Waals surface area contributed by atoms with E-state index in [1.807, 2.05) is 13.8 Å². The van der Waals surface area contributed by atoms with E-state index in [9.17, 15) is 24.1 Å². The molecule has 4 rings (SSSR count). The molecular formula is C26H26FN3O5. The third kappa shape index (κ3) is 4.41. The average molecular weight is 480 g/mol. The van der Waals surface area contributed by atoms with Crippen LogP contribution in [-0.4, -0.2) is 23.3 Å². The number of nitrogens with zero attached hydrogens (tertiary/aromatic N) is 2. The van der Waals surface area contributed by atoms with Crippen molar-refractivity contribution in [1.29, 1.82) is 0 Å². The molecule has 2 aliphatic rings. The van der Waals surface area contributed by atoms with Crippen molar-refractivity contribution in [2.45, 2.75) is 39.5 Å². The van der Waals surface area contributed by atoms with E-state index in [2.05, 4.69) is 0 Å². The number of hydrogen-bond donors (Lipinski definition) is 1. The lowest BCUT2D eigenvalue weighted by molar-refractivity contribution is -0.384. The minimum absolute atomic E-state index is 0.0162. The topological polar surface area (TPSA) is 116 Å². The predicted octanol–water partition coefficient (Wildman–Crippen LogP) is 4.71. The zero-order chi connectivity index (χ0) is 25.5. The van der Waals surface area contributed by atoms with Crippen LogP contribution in [0.5, 0.6) is 0 Å². The van der Waals surface area contributed by atoms with Gasteiger partial charge >= 0.3 is 5.97 Å². The SMILES string of the molecule is CCOC(=O)C1=C(N)N(c2cccc([N+](=O)[O-])c2)C2=C(C(=O)CC(C)(C)C2)[C@@H]1c1ccc(F)cc1. The number of hydrogen-bond acceptors (Lipinski definition) is 7. The van der Waals surface area contributed by atoms with Crippen molar-refractivity contribution in [3.63, 3.8) is 0 Å². The Kier molecular flexibility index (Phi) is 6.19. The van der Waals surface area contributed by atoms with Crippen molar-refractivity contribution in [3.05, 3.63) is 92.7 Å². The number of nitro groups is 1. The average Bonchev–Trinajstić information content (AvgIpc) is 2.78. The first-order valence-corrected chi connectivity index (χ1v) is 11.3. The number of carbonyl (C=O) groups excluding carboxylic acids is 2. The number of nitro benzene ring substituents is 1. The fourth-order valence-corrected chi connectivity index (χ4v) is 4.85. The quantitative estimate of drug-likeness (QED) is 0.375. The molecule has 0 fully saturated rings. The highest BCUT2D eigenvalue weighted by molar-refractivity contribution is 6.05. The minimum atomic E-state index is -0.858. The van der Waals surface area contributed by atoms with Crippen LogP contribution in [0.15, 0.2) is 71.2 Å². The number of Topliss-reactive ketones (excluding diaryl/α,β-unsaturated/α-hetero) is 1. The molecule has 1 aliphatic heterocycles. The maximum atomic E-state index is 13.7. The molecule has 1 heterocycles. The number of nitrogens with two attached hydrogens (primary N) is 1. The molecular weight excluding hydrogens is 453 g/mol. The molecule has 2 aromatic carbocycles. The zero-order valence-corrected chi connectivity index (χ0v) is 19.7. The van der Waals surface area contributed by atoms with Crippen molar-refractivity contribution >= 4 is 23.1 Å². The van der Waals surface area contributed by atoms with Crippen molar-refractivity contribution in [1.82, 2.24) is 0 Å². The molecule has 0 spiro atoms. The first-order valence-electron chi connectivity index (χ1n) is 11.3. The second-order valence-corrected chi connectivity index (χ2v) is 9.42. The van der Waals surface area contributed by atoms with Gasteiger partial charge in [0.25, 0.3) is 5.69 Å². The van der Waals surface area contributed by atoms with Crippen LogP contribution in [0.3, 0.4) is 0 Å². The number of carbonyl (C=O) groups is 2. The van der Waals surface area contributed by atoms with Gasteiger partial charge in [-0.2, -0.15) is 0 Å². The van der Waals surface area contributed by atoms with E-state index in [0.717, 1.165) is 0 Å². The number of ketones is 1. The van der Waals surface area contributed by atoms with E-state index >= 15 is 0 Å². The van der Waals surface area contributed by atoms with Crippen LogP contribution in [0.25, 0.3) is 0 Å². The molecule has 1 aliphatic carbocycles. The molecule has 0 bridgehead atoms. The smallest absolute Gasteiger partial charge is 0.338 e. The zero-order valence-electron chi connectivity index (χ0n) is 19.7. The van der Waals surface area contributed by atoms with E-state index in [1.54, 1.807) is 17.9 Å². The molecule has 2 aromatic rings. The van der Waals surface area contributed by atoms with Gasteiger partial charge in [-0.05, 0) is 42.5 Å². The summed E-state index contributed by atoms with van der Waals surface area (Å²) in [6.07, 6.45) is 0.674. The van der Waals surface area contributed by atoms with Crippen LogP contribution in [0.2, 0.25) is 0 Å². The van der Waals surface area contributed by atoms with E-state index < -0.39 is 28.0 Å². The van der Waals surface area contributed by atoms with Gasteiger partial charge in [0.2, 0.25) is 0 Å². The van der Waals surface area contributed by atoms with Crippen LogP contribution >= 0.6 is 0 Å². The number of non-ortho nitro benzene ring substituents is 1. The Morgan fingerprint density at radius 3 is 2.54 bits per heavy atom. The molecule has 182 valence electrons. The summed E-state index contributed by atoms with van der Waals surface area (Å²) in [7, 11) is 0. The van der Waals surface area contributed by atoms with Crippen LogP contribution in [-0.2, 0) is 14.3 Å². The fraction of sp³-hybridized carbons (Fsp3) is 0.308. The van der Waals surface area contributed by atoms with E-state index in [1.165, 1.54) is 42.5 Å². The van der Waals surface area contributed by atoms with E-state index in [4.69, 9.17) is 10.5 Å². The van der Waals surface area contributed by atoms with Gasteiger partial charge in [0, 0.05) is 29.8 Å². The number of allylic oxidation sites excluding steroid dienone is 2. The Morgan fingerprint density at radius 1 is 1.23 bits per heavy atom. The summed E-state index contributed by atoms with van der Waals surface area (Å²) in [5, 5.41) is 11.5. The molecule has 0 aromatic heterocycles. The molecule has 0 amide bonds. The number of ether oxygens (including phenoxy) is 1. The molecule has 0 saturated heterocycles. The van der Waals surface area contributed by atoms with Gasteiger partial charge in [-0.1, -0.05) is 32.0 Å². The standard InChI is InChI=1S/C26H26FN3O5/c1-4-35-25(32)23-21(15-8-10-16(27)11-9-15)22-19(13-26(2,3)14-20(22)31)29(24(23)28)17-6-5-7-18(12-17)30(33)34/h5-12,21H,4,13-14,28H2,1-3H3/t21-/m0/s1. The second-order valence-electron chi connectivity index (χ2n) is 9.42. The van der Waals surface area contributed by atoms with Crippen LogP contribution < -0.4 is 10.6 Å². The Morgan fingerprint density at radius 2 is 1.91 bits per heavy atom. The van der Waals surface area contributed by atoms with Gasteiger partial charge in [-0.15, -0.1) is 0 Å². The maximum Gasteiger partial charge on any atom is 0.338 e. The highest BCUT2D eigenvalue weighted by Gasteiger charge is 2.46. The van der Waals surface area contributed by atoms with Gasteiger partial charge in [-0.25, -0.2) is 9.18 Å². The summed E-state index contributed by atoms with van der Waals surface area (Å²) in [4.78, 5) is 39.3. The molecule has 35 heavy (non-hydrogen) atoms. The molecule has 9 heteroatoms. The predicted molar refractivity (Wildman–Crippen MR) is 128 cm³/mol. The summed E-state index contributed by atoms with van der Waals surface area (Å²) < 4.78 is 19.0. The number of halogens is 1. The second kappa shape index (κ2) is 8.98. The Labute approximate surface area is 202 Å². The Hall–Kier alpha value is -4.01. The van der Waals surface area contributed by atoms with E-state index in [0.29, 0.717) is 28.9 Å². The third-order valence-corrected chi connectivity index (χ3v) is 6.26. The summed E-state index contributed by atoms with van der Waals surface area (Å²) in [6, 6.07) is 11.4.